The maximum Gasteiger partial charge on any atom is 0.174 e. The summed E-state index contributed by atoms with van der Waals surface area (Å²) < 4.78 is 4.96. The van der Waals surface area contributed by atoms with E-state index in [1.54, 1.807) is 12.1 Å². The minimum atomic E-state index is -0.394. The summed E-state index contributed by atoms with van der Waals surface area (Å²) >= 11 is 0. The van der Waals surface area contributed by atoms with Crippen molar-refractivity contribution in [3.63, 3.8) is 0 Å². The standard InChI is InChI=1S/C18H18O4/c1-22-17-9-5-8-15(18(17)21)16(20)12-14(19)11-10-13-6-3-2-4-7-13/h2-9,21H,10-12H2,1H3. The molecule has 0 fully saturated rings. The predicted octanol–water partition coefficient (Wildman–Crippen LogP) is 3.18. The van der Waals surface area contributed by atoms with Gasteiger partial charge in [-0.05, 0) is 24.1 Å². The summed E-state index contributed by atoms with van der Waals surface area (Å²) in [6, 6.07) is 14.3. The first-order chi connectivity index (χ1) is 10.6. The molecule has 4 heteroatoms. The van der Waals surface area contributed by atoms with Crippen LogP contribution in [0.4, 0.5) is 0 Å². The van der Waals surface area contributed by atoms with E-state index in [1.165, 1.54) is 13.2 Å². The van der Waals surface area contributed by atoms with Crippen LogP contribution in [0.25, 0.3) is 0 Å². The van der Waals surface area contributed by atoms with Gasteiger partial charge in [0.05, 0.1) is 19.1 Å². The number of Topliss-reactive ketones (excluding diaryl/α,β-unsaturated/α-hetero) is 2. The Balaban J connectivity index is 1.95. The summed E-state index contributed by atoms with van der Waals surface area (Å²) in [7, 11) is 1.41. The fraction of sp³-hybridized carbons (Fsp3) is 0.222. The van der Waals surface area contributed by atoms with Gasteiger partial charge in [-0.3, -0.25) is 9.59 Å². The lowest BCUT2D eigenvalue weighted by atomic mass is 10.0. The number of para-hydroxylation sites is 1. The quantitative estimate of drug-likeness (QED) is 0.630. The third kappa shape index (κ3) is 3.95. The molecule has 0 amide bonds. The van der Waals surface area contributed by atoms with Crippen LogP contribution in [0, 0.1) is 0 Å². The number of rotatable bonds is 7. The Kier molecular flexibility index (Phi) is 5.31. The van der Waals surface area contributed by atoms with Gasteiger partial charge in [0.15, 0.2) is 17.3 Å². The number of methoxy groups -OCH3 is 1. The fourth-order valence-corrected chi connectivity index (χ4v) is 2.20. The second-order valence-electron chi connectivity index (χ2n) is 4.98. The van der Waals surface area contributed by atoms with E-state index in [0.717, 1.165) is 5.56 Å². The Morgan fingerprint density at radius 3 is 2.45 bits per heavy atom. The van der Waals surface area contributed by atoms with Gasteiger partial charge in [0.25, 0.3) is 0 Å². The lowest BCUT2D eigenvalue weighted by Gasteiger charge is -2.07. The molecule has 0 radical (unpaired) electrons. The molecule has 0 saturated heterocycles. The molecule has 0 unspecified atom stereocenters. The van der Waals surface area contributed by atoms with Gasteiger partial charge in [-0.1, -0.05) is 36.4 Å². The molecule has 2 rings (SSSR count). The van der Waals surface area contributed by atoms with Gasteiger partial charge in [-0.25, -0.2) is 0 Å². The van der Waals surface area contributed by atoms with Gasteiger partial charge in [-0.2, -0.15) is 0 Å². The van der Waals surface area contributed by atoms with Gasteiger partial charge in [0.1, 0.15) is 5.78 Å². The molecule has 0 atom stereocenters. The van der Waals surface area contributed by atoms with Gasteiger partial charge in [0, 0.05) is 6.42 Å². The first kappa shape index (κ1) is 15.8. The number of carbonyl (C=O) groups excluding carboxylic acids is 2. The van der Waals surface area contributed by atoms with Gasteiger partial charge < -0.3 is 9.84 Å². The van der Waals surface area contributed by atoms with E-state index in [2.05, 4.69) is 0 Å². The van der Waals surface area contributed by atoms with E-state index in [9.17, 15) is 14.7 Å². The highest BCUT2D eigenvalue weighted by Gasteiger charge is 2.17. The summed E-state index contributed by atoms with van der Waals surface area (Å²) in [4.78, 5) is 24.1. The molecule has 0 aliphatic heterocycles. The molecule has 114 valence electrons. The zero-order valence-electron chi connectivity index (χ0n) is 12.4. The SMILES string of the molecule is COc1cccc(C(=O)CC(=O)CCc2ccccc2)c1O. The molecular formula is C18H18O4. The zero-order chi connectivity index (χ0) is 15.9. The molecule has 0 aliphatic carbocycles. The van der Waals surface area contributed by atoms with Crippen LogP contribution in [-0.2, 0) is 11.2 Å². The average molecular weight is 298 g/mol. The van der Waals surface area contributed by atoms with Crippen molar-refractivity contribution < 1.29 is 19.4 Å². The average Bonchev–Trinajstić information content (AvgIpc) is 2.54. The van der Waals surface area contributed by atoms with Crippen LogP contribution >= 0.6 is 0 Å². The Labute approximate surface area is 129 Å². The van der Waals surface area contributed by atoms with Crippen molar-refractivity contribution in [3.8, 4) is 11.5 Å². The number of carbonyl (C=O) groups is 2. The number of benzene rings is 2. The Morgan fingerprint density at radius 1 is 1.05 bits per heavy atom. The first-order valence-electron chi connectivity index (χ1n) is 7.06. The van der Waals surface area contributed by atoms with Crippen LogP contribution in [-0.4, -0.2) is 23.8 Å². The van der Waals surface area contributed by atoms with Crippen LogP contribution in [0.2, 0.25) is 0 Å². The van der Waals surface area contributed by atoms with Gasteiger partial charge in [-0.15, -0.1) is 0 Å². The van der Waals surface area contributed by atoms with Crippen LogP contribution < -0.4 is 4.74 Å². The second kappa shape index (κ2) is 7.41. The largest absolute Gasteiger partial charge is 0.504 e. The number of ketones is 2. The van der Waals surface area contributed by atoms with Crippen LogP contribution in [0.3, 0.4) is 0 Å². The van der Waals surface area contributed by atoms with E-state index >= 15 is 0 Å². The van der Waals surface area contributed by atoms with Crippen molar-refractivity contribution in [2.45, 2.75) is 19.3 Å². The fourth-order valence-electron chi connectivity index (χ4n) is 2.20. The highest BCUT2D eigenvalue weighted by Crippen LogP contribution is 2.30. The summed E-state index contributed by atoms with van der Waals surface area (Å²) in [6.45, 7) is 0. The molecule has 2 aromatic carbocycles. The molecule has 22 heavy (non-hydrogen) atoms. The van der Waals surface area contributed by atoms with E-state index in [0.29, 0.717) is 12.8 Å². The Bertz CT molecular complexity index is 662. The maximum atomic E-state index is 12.1. The van der Waals surface area contributed by atoms with Crippen molar-refractivity contribution in [2.24, 2.45) is 0 Å². The number of ether oxygens (including phenoxy) is 1. The normalized spacial score (nSPS) is 10.2. The smallest absolute Gasteiger partial charge is 0.174 e. The molecule has 0 spiro atoms. The van der Waals surface area contributed by atoms with Crippen LogP contribution in [0.1, 0.15) is 28.8 Å². The molecule has 4 nitrogen and oxygen atoms in total. The molecule has 1 N–H and O–H groups in total. The van der Waals surface area contributed by atoms with Gasteiger partial charge in [0.2, 0.25) is 0 Å². The van der Waals surface area contributed by atoms with E-state index < -0.39 is 5.78 Å². The monoisotopic (exact) mass is 298 g/mol. The number of hydrogen-bond acceptors (Lipinski definition) is 4. The van der Waals surface area contributed by atoms with Crippen LogP contribution in [0.5, 0.6) is 11.5 Å². The Morgan fingerprint density at radius 2 is 1.77 bits per heavy atom. The molecule has 0 aliphatic rings. The lowest BCUT2D eigenvalue weighted by Crippen LogP contribution is -2.09. The van der Waals surface area contributed by atoms with Crippen molar-refractivity contribution in [3.05, 3.63) is 59.7 Å². The third-order valence-electron chi connectivity index (χ3n) is 3.41. The first-order valence-corrected chi connectivity index (χ1v) is 7.06. The van der Waals surface area contributed by atoms with Crippen molar-refractivity contribution in [1.29, 1.82) is 0 Å². The van der Waals surface area contributed by atoms with Crippen molar-refractivity contribution in [1.82, 2.24) is 0 Å². The molecule has 0 heterocycles. The number of phenols is 1. The topological polar surface area (TPSA) is 63.6 Å². The van der Waals surface area contributed by atoms with E-state index in [4.69, 9.17) is 4.74 Å². The lowest BCUT2D eigenvalue weighted by molar-refractivity contribution is -0.118. The second-order valence-corrected chi connectivity index (χ2v) is 4.98. The number of aromatic hydroxyl groups is 1. The van der Waals surface area contributed by atoms with Crippen LogP contribution in [0.15, 0.2) is 48.5 Å². The summed E-state index contributed by atoms with van der Waals surface area (Å²) in [5, 5.41) is 9.92. The van der Waals surface area contributed by atoms with Crippen molar-refractivity contribution in [2.75, 3.05) is 7.11 Å². The molecular weight excluding hydrogens is 280 g/mol. The molecule has 2 aromatic rings. The highest BCUT2D eigenvalue weighted by atomic mass is 16.5. The zero-order valence-corrected chi connectivity index (χ0v) is 12.4. The predicted molar refractivity (Wildman–Crippen MR) is 83.4 cm³/mol. The molecule has 0 bridgehead atoms. The number of aryl methyl sites for hydroxylation is 1. The van der Waals surface area contributed by atoms with Gasteiger partial charge >= 0.3 is 0 Å². The maximum absolute atomic E-state index is 12.1. The highest BCUT2D eigenvalue weighted by molar-refractivity contribution is 6.09. The van der Waals surface area contributed by atoms with E-state index in [-0.39, 0.29) is 29.3 Å². The summed E-state index contributed by atoms with van der Waals surface area (Å²) in [5.41, 5.74) is 1.18. The van der Waals surface area contributed by atoms with Crippen molar-refractivity contribution >= 4 is 11.6 Å². The van der Waals surface area contributed by atoms with E-state index in [1.807, 2.05) is 30.3 Å². The number of hydrogen-bond donors (Lipinski definition) is 1. The summed E-state index contributed by atoms with van der Waals surface area (Å²) in [5.74, 6) is -0.529. The summed E-state index contributed by atoms with van der Waals surface area (Å²) in [6.07, 6.45) is 0.699. The minimum absolute atomic E-state index is 0.118. The molecule has 0 saturated carbocycles. The Hall–Kier alpha value is -2.62. The number of phenolic OH excluding ortho intramolecular Hbond substituents is 1. The minimum Gasteiger partial charge on any atom is -0.504 e. The third-order valence-corrected chi connectivity index (χ3v) is 3.41. The molecule has 0 aromatic heterocycles.